The van der Waals surface area contributed by atoms with Crippen molar-refractivity contribution in [1.82, 2.24) is 0 Å². The van der Waals surface area contributed by atoms with E-state index >= 15 is 0 Å². The van der Waals surface area contributed by atoms with Gasteiger partial charge in [-0.05, 0) is 41.3 Å². The summed E-state index contributed by atoms with van der Waals surface area (Å²) in [5.74, 6) is -0.899. The van der Waals surface area contributed by atoms with Crippen LogP contribution in [0.3, 0.4) is 0 Å². The summed E-state index contributed by atoms with van der Waals surface area (Å²) >= 11 is 0. The third-order valence-electron chi connectivity index (χ3n) is 3.23. The number of benzene rings is 2. The topological polar surface area (TPSA) is 61.1 Å². The first-order valence-corrected chi connectivity index (χ1v) is 6.53. The van der Waals surface area contributed by atoms with Crippen LogP contribution in [0.2, 0.25) is 0 Å². The highest BCUT2D eigenvalue weighted by atomic mass is 16.4. The molecule has 0 aromatic heterocycles. The lowest BCUT2D eigenvalue weighted by Gasteiger charge is -2.12. The number of nitriles is 1. The van der Waals surface area contributed by atoms with Gasteiger partial charge in [0.05, 0.1) is 17.2 Å². The molecule has 2 aromatic carbocycles. The fourth-order valence-electron chi connectivity index (χ4n) is 2.30. The van der Waals surface area contributed by atoms with Crippen molar-refractivity contribution in [3.05, 3.63) is 59.2 Å². The molecule has 0 aliphatic heterocycles. The maximum Gasteiger partial charge on any atom is 0.335 e. The van der Waals surface area contributed by atoms with Gasteiger partial charge in [-0.1, -0.05) is 37.6 Å². The van der Waals surface area contributed by atoms with Crippen LogP contribution in [0.5, 0.6) is 0 Å². The Morgan fingerprint density at radius 2 is 1.90 bits per heavy atom. The summed E-state index contributed by atoms with van der Waals surface area (Å²) in [7, 11) is 0. The van der Waals surface area contributed by atoms with Crippen LogP contribution in [-0.4, -0.2) is 11.1 Å². The number of aromatic carboxylic acids is 1. The molecule has 0 saturated carbocycles. The van der Waals surface area contributed by atoms with E-state index in [-0.39, 0.29) is 0 Å². The molecule has 0 radical (unpaired) electrons. The zero-order valence-corrected chi connectivity index (χ0v) is 11.3. The third-order valence-corrected chi connectivity index (χ3v) is 3.23. The first kappa shape index (κ1) is 13.8. The van der Waals surface area contributed by atoms with E-state index in [2.05, 4.69) is 6.07 Å². The lowest BCUT2D eigenvalue weighted by atomic mass is 9.92. The van der Waals surface area contributed by atoms with E-state index in [0.717, 1.165) is 29.5 Å². The van der Waals surface area contributed by atoms with Crippen molar-refractivity contribution in [3.63, 3.8) is 0 Å². The van der Waals surface area contributed by atoms with Crippen LogP contribution in [0, 0.1) is 11.3 Å². The van der Waals surface area contributed by atoms with E-state index in [4.69, 9.17) is 5.26 Å². The minimum atomic E-state index is -0.899. The van der Waals surface area contributed by atoms with Crippen LogP contribution < -0.4 is 0 Å². The van der Waals surface area contributed by atoms with Gasteiger partial charge in [-0.25, -0.2) is 4.79 Å². The summed E-state index contributed by atoms with van der Waals surface area (Å²) in [6, 6.07) is 14.6. The first-order chi connectivity index (χ1) is 9.67. The molecule has 0 aliphatic carbocycles. The molecule has 0 bridgehead atoms. The molecule has 3 nitrogen and oxygen atoms in total. The van der Waals surface area contributed by atoms with Gasteiger partial charge in [-0.15, -0.1) is 0 Å². The highest BCUT2D eigenvalue weighted by molar-refractivity contribution is 5.92. The van der Waals surface area contributed by atoms with Gasteiger partial charge in [0.25, 0.3) is 0 Å². The standard InChI is InChI=1S/C17H15NO2/c1-2-4-15-14(5-3-6-16(15)17(19)20)13-9-7-12(11-18)8-10-13/h3,5-10H,2,4H2,1H3,(H,19,20). The van der Waals surface area contributed by atoms with Gasteiger partial charge in [0, 0.05) is 0 Å². The number of carbonyl (C=O) groups is 1. The number of carboxylic acids is 1. The van der Waals surface area contributed by atoms with E-state index in [1.54, 1.807) is 24.3 Å². The average Bonchev–Trinajstić information content (AvgIpc) is 2.47. The minimum Gasteiger partial charge on any atom is -0.478 e. The van der Waals surface area contributed by atoms with Crippen molar-refractivity contribution in [2.75, 3.05) is 0 Å². The Labute approximate surface area is 118 Å². The van der Waals surface area contributed by atoms with E-state index < -0.39 is 5.97 Å². The normalized spacial score (nSPS) is 10.0. The lowest BCUT2D eigenvalue weighted by molar-refractivity contribution is 0.0695. The first-order valence-electron chi connectivity index (χ1n) is 6.53. The molecule has 2 rings (SSSR count). The molecular formula is C17H15NO2. The molecule has 0 amide bonds. The maximum absolute atomic E-state index is 11.3. The molecule has 0 saturated heterocycles. The summed E-state index contributed by atoms with van der Waals surface area (Å²) < 4.78 is 0. The predicted octanol–water partition coefficient (Wildman–Crippen LogP) is 3.88. The van der Waals surface area contributed by atoms with Gasteiger partial charge >= 0.3 is 5.97 Å². The van der Waals surface area contributed by atoms with Crippen LogP contribution >= 0.6 is 0 Å². The Kier molecular flexibility index (Phi) is 4.17. The van der Waals surface area contributed by atoms with Crippen molar-refractivity contribution >= 4 is 5.97 Å². The largest absolute Gasteiger partial charge is 0.478 e. The molecule has 0 atom stereocenters. The lowest BCUT2D eigenvalue weighted by Crippen LogP contribution is -2.04. The maximum atomic E-state index is 11.3. The second kappa shape index (κ2) is 6.03. The Hall–Kier alpha value is -2.60. The Morgan fingerprint density at radius 1 is 1.20 bits per heavy atom. The third kappa shape index (κ3) is 2.70. The summed E-state index contributed by atoms with van der Waals surface area (Å²) in [4.78, 5) is 11.3. The number of hydrogen-bond acceptors (Lipinski definition) is 2. The molecule has 0 fully saturated rings. The second-order valence-electron chi connectivity index (χ2n) is 4.58. The van der Waals surface area contributed by atoms with Crippen LogP contribution in [0.1, 0.15) is 34.8 Å². The molecular weight excluding hydrogens is 250 g/mol. The van der Waals surface area contributed by atoms with E-state index in [1.807, 2.05) is 25.1 Å². The van der Waals surface area contributed by atoms with E-state index in [9.17, 15) is 9.90 Å². The smallest absolute Gasteiger partial charge is 0.335 e. The summed E-state index contributed by atoms with van der Waals surface area (Å²) in [5.41, 5.74) is 3.67. The quantitative estimate of drug-likeness (QED) is 0.912. The molecule has 2 aromatic rings. The van der Waals surface area contributed by atoms with Crippen LogP contribution in [-0.2, 0) is 6.42 Å². The summed E-state index contributed by atoms with van der Waals surface area (Å²) in [5, 5.41) is 18.1. The predicted molar refractivity (Wildman–Crippen MR) is 77.5 cm³/mol. The fraction of sp³-hybridized carbons (Fsp3) is 0.176. The summed E-state index contributed by atoms with van der Waals surface area (Å²) in [6.45, 7) is 2.03. The molecule has 20 heavy (non-hydrogen) atoms. The minimum absolute atomic E-state index is 0.355. The highest BCUT2D eigenvalue weighted by Crippen LogP contribution is 2.28. The van der Waals surface area contributed by atoms with E-state index in [0.29, 0.717) is 11.1 Å². The van der Waals surface area contributed by atoms with Crippen LogP contribution in [0.4, 0.5) is 0 Å². The average molecular weight is 265 g/mol. The summed E-state index contributed by atoms with van der Waals surface area (Å²) in [6.07, 6.45) is 1.60. The van der Waals surface area contributed by atoms with Gasteiger partial charge in [-0.2, -0.15) is 5.26 Å². The van der Waals surface area contributed by atoms with Gasteiger partial charge in [-0.3, -0.25) is 0 Å². The molecule has 1 N–H and O–H groups in total. The van der Waals surface area contributed by atoms with Crippen LogP contribution in [0.25, 0.3) is 11.1 Å². The molecule has 0 spiro atoms. The monoisotopic (exact) mass is 265 g/mol. The van der Waals surface area contributed by atoms with Crippen molar-refractivity contribution in [1.29, 1.82) is 5.26 Å². The number of nitrogens with zero attached hydrogens (tertiary/aromatic N) is 1. The zero-order valence-electron chi connectivity index (χ0n) is 11.3. The number of carboxylic acid groups (broad SMARTS) is 1. The van der Waals surface area contributed by atoms with Gasteiger partial charge < -0.3 is 5.11 Å². The number of rotatable bonds is 4. The molecule has 0 unspecified atom stereocenters. The zero-order chi connectivity index (χ0) is 14.5. The number of hydrogen-bond donors (Lipinski definition) is 1. The van der Waals surface area contributed by atoms with Gasteiger partial charge in [0.1, 0.15) is 0 Å². The highest BCUT2D eigenvalue weighted by Gasteiger charge is 2.14. The second-order valence-corrected chi connectivity index (χ2v) is 4.58. The molecule has 3 heteroatoms. The van der Waals surface area contributed by atoms with Gasteiger partial charge in [0.2, 0.25) is 0 Å². The molecule has 0 aliphatic rings. The Balaban J connectivity index is 2.57. The van der Waals surface area contributed by atoms with E-state index in [1.165, 1.54) is 0 Å². The van der Waals surface area contributed by atoms with Crippen molar-refractivity contribution in [3.8, 4) is 17.2 Å². The molecule has 0 heterocycles. The Morgan fingerprint density at radius 3 is 2.45 bits per heavy atom. The van der Waals surface area contributed by atoms with Crippen molar-refractivity contribution < 1.29 is 9.90 Å². The van der Waals surface area contributed by atoms with Crippen molar-refractivity contribution in [2.24, 2.45) is 0 Å². The van der Waals surface area contributed by atoms with Crippen molar-refractivity contribution in [2.45, 2.75) is 19.8 Å². The Bertz CT molecular complexity index is 666. The fourth-order valence-corrected chi connectivity index (χ4v) is 2.30. The molecule has 100 valence electrons. The van der Waals surface area contributed by atoms with Crippen LogP contribution in [0.15, 0.2) is 42.5 Å². The van der Waals surface area contributed by atoms with Gasteiger partial charge in [0.15, 0.2) is 0 Å². The SMILES string of the molecule is CCCc1c(C(=O)O)cccc1-c1ccc(C#N)cc1.